The Bertz CT molecular complexity index is 433. The van der Waals surface area contributed by atoms with Crippen LogP contribution in [-0.2, 0) is 0 Å². The van der Waals surface area contributed by atoms with E-state index < -0.39 is 0 Å². The van der Waals surface area contributed by atoms with Gasteiger partial charge in [-0.25, -0.2) is 0 Å². The average Bonchev–Trinajstić information content (AvgIpc) is 2.59. The largest absolute Gasteiger partial charge is 0.314 e. The highest BCUT2D eigenvalue weighted by molar-refractivity contribution is 5.36. The molecule has 1 fully saturated rings. The Morgan fingerprint density at radius 2 is 1.86 bits per heavy atom. The van der Waals surface area contributed by atoms with Crippen molar-refractivity contribution in [1.29, 1.82) is 0 Å². The van der Waals surface area contributed by atoms with Gasteiger partial charge in [-0.15, -0.1) is 0 Å². The molecule has 118 valence electrons. The first-order valence-corrected chi connectivity index (χ1v) is 8.50. The second-order valence-corrected chi connectivity index (χ2v) is 7.05. The zero-order chi connectivity index (χ0) is 15.4. The summed E-state index contributed by atoms with van der Waals surface area (Å²) in [5.74, 6) is 0.708. The molecular formula is C19H32N2. The van der Waals surface area contributed by atoms with Crippen LogP contribution in [0.4, 0.5) is 0 Å². The zero-order valence-electron chi connectivity index (χ0n) is 14.4. The third-order valence-corrected chi connectivity index (χ3v) is 4.88. The Morgan fingerprint density at radius 3 is 2.48 bits per heavy atom. The zero-order valence-corrected chi connectivity index (χ0v) is 14.4. The summed E-state index contributed by atoms with van der Waals surface area (Å²) < 4.78 is 0. The molecule has 0 spiro atoms. The van der Waals surface area contributed by atoms with E-state index in [1.807, 2.05) is 0 Å². The van der Waals surface area contributed by atoms with E-state index in [-0.39, 0.29) is 0 Å². The lowest BCUT2D eigenvalue weighted by Gasteiger charge is -2.35. The number of likely N-dealkylation sites (tertiary alicyclic amines) is 1. The van der Waals surface area contributed by atoms with Crippen molar-refractivity contribution < 1.29 is 0 Å². The van der Waals surface area contributed by atoms with Crippen molar-refractivity contribution in [3.8, 4) is 0 Å². The van der Waals surface area contributed by atoms with Gasteiger partial charge in [0, 0.05) is 18.6 Å². The molecule has 0 aliphatic carbocycles. The van der Waals surface area contributed by atoms with Gasteiger partial charge >= 0.3 is 0 Å². The summed E-state index contributed by atoms with van der Waals surface area (Å²) >= 11 is 0. The maximum absolute atomic E-state index is 3.68. The van der Waals surface area contributed by atoms with E-state index in [9.17, 15) is 0 Å². The molecule has 2 atom stereocenters. The van der Waals surface area contributed by atoms with Crippen molar-refractivity contribution >= 4 is 0 Å². The van der Waals surface area contributed by atoms with Gasteiger partial charge in [-0.2, -0.15) is 0 Å². The molecule has 1 saturated heterocycles. The summed E-state index contributed by atoms with van der Waals surface area (Å²) in [5.41, 5.74) is 4.46. The topological polar surface area (TPSA) is 15.3 Å². The highest BCUT2D eigenvalue weighted by Gasteiger charge is 2.30. The second kappa shape index (κ2) is 7.42. The summed E-state index contributed by atoms with van der Waals surface area (Å²) in [4.78, 5) is 2.59. The van der Waals surface area contributed by atoms with Crippen molar-refractivity contribution in [1.82, 2.24) is 10.2 Å². The first-order valence-electron chi connectivity index (χ1n) is 8.50. The molecule has 0 bridgehead atoms. The molecule has 2 heteroatoms. The summed E-state index contributed by atoms with van der Waals surface area (Å²) in [5, 5.41) is 3.68. The van der Waals surface area contributed by atoms with Gasteiger partial charge in [0.2, 0.25) is 0 Å². The Balaban J connectivity index is 2.32. The van der Waals surface area contributed by atoms with Crippen LogP contribution in [0.3, 0.4) is 0 Å². The van der Waals surface area contributed by atoms with Gasteiger partial charge in [-0.1, -0.05) is 38.5 Å². The van der Waals surface area contributed by atoms with Crippen LogP contribution >= 0.6 is 0 Å². The van der Waals surface area contributed by atoms with Crippen LogP contribution in [0, 0.1) is 19.8 Å². The van der Waals surface area contributed by atoms with E-state index in [4.69, 9.17) is 0 Å². The summed E-state index contributed by atoms with van der Waals surface area (Å²) in [6.07, 6.45) is 4.02. The molecule has 1 aromatic carbocycles. The Morgan fingerprint density at radius 1 is 1.19 bits per heavy atom. The fraction of sp³-hybridized carbons (Fsp3) is 0.684. The number of hydrogen-bond donors (Lipinski definition) is 1. The standard InChI is InChI=1S/C19H32N2/c1-14(2)20-13-17-11-6-7-12-21(5)19(17)18-15(3)9-8-10-16(18)4/h8-10,14,17,19-20H,6-7,11-13H2,1-5H3. The number of nitrogens with one attached hydrogen (secondary N) is 1. The summed E-state index contributed by atoms with van der Waals surface area (Å²) in [6, 6.07) is 7.85. The van der Waals surface area contributed by atoms with Crippen LogP contribution < -0.4 is 5.32 Å². The number of nitrogens with zero attached hydrogens (tertiary/aromatic N) is 1. The minimum Gasteiger partial charge on any atom is -0.314 e. The SMILES string of the molecule is Cc1cccc(C)c1C1C(CNC(C)C)CCCCN1C. The van der Waals surface area contributed by atoms with Crippen molar-refractivity contribution in [3.05, 3.63) is 34.9 Å². The van der Waals surface area contributed by atoms with Crippen LogP contribution in [0.1, 0.15) is 55.8 Å². The molecule has 0 saturated carbocycles. The second-order valence-electron chi connectivity index (χ2n) is 7.05. The van der Waals surface area contributed by atoms with Crippen molar-refractivity contribution in [2.75, 3.05) is 20.1 Å². The molecule has 0 amide bonds. The molecule has 1 aliphatic rings. The Hall–Kier alpha value is -0.860. The molecule has 2 unspecified atom stereocenters. The van der Waals surface area contributed by atoms with Gasteiger partial charge in [0.25, 0.3) is 0 Å². The molecular weight excluding hydrogens is 256 g/mol. The molecule has 1 aromatic rings. The van der Waals surface area contributed by atoms with Crippen LogP contribution in [0.5, 0.6) is 0 Å². The fourth-order valence-electron chi connectivity index (χ4n) is 3.78. The molecule has 1 heterocycles. The lowest BCUT2D eigenvalue weighted by molar-refractivity contribution is 0.186. The van der Waals surface area contributed by atoms with Gasteiger partial charge in [-0.3, -0.25) is 4.90 Å². The predicted molar refractivity (Wildman–Crippen MR) is 91.8 cm³/mol. The number of rotatable bonds is 4. The Labute approximate surface area is 130 Å². The van der Waals surface area contributed by atoms with E-state index >= 15 is 0 Å². The molecule has 0 aromatic heterocycles. The van der Waals surface area contributed by atoms with Gasteiger partial charge in [0.1, 0.15) is 0 Å². The van der Waals surface area contributed by atoms with Crippen molar-refractivity contribution in [2.45, 2.75) is 59.0 Å². The number of aryl methyl sites for hydroxylation is 2. The third kappa shape index (κ3) is 4.08. The summed E-state index contributed by atoms with van der Waals surface area (Å²) in [6.45, 7) is 11.4. The normalized spacial score (nSPS) is 24.3. The van der Waals surface area contributed by atoms with Gasteiger partial charge in [-0.05, 0) is 62.9 Å². The van der Waals surface area contributed by atoms with Crippen LogP contribution in [-0.4, -0.2) is 31.1 Å². The van der Waals surface area contributed by atoms with Crippen molar-refractivity contribution in [3.63, 3.8) is 0 Å². The fourth-order valence-corrected chi connectivity index (χ4v) is 3.78. The Kier molecular flexibility index (Phi) is 5.83. The maximum Gasteiger partial charge on any atom is 0.0390 e. The van der Waals surface area contributed by atoms with E-state index in [1.165, 1.54) is 36.9 Å². The first kappa shape index (κ1) is 16.5. The molecule has 1 aliphatic heterocycles. The molecule has 2 rings (SSSR count). The van der Waals surface area contributed by atoms with E-state index in [0.29, 0.717) is 18.0 Å². The monoisotopic (exact) mass is 288 g/mol. The van der Waals surface area contributed by atoms with E-state index in [0.717, 1.165) is 6.54 Å². The third-order valence-electron chi connectivity index (χ3n) is 4.88. The maximum atomic E-state index is 3.68. The van der Waals surface area contributed by atoms with Crippen LogP contribution in [0.2, 0.25) is 0 Å². The smallest absolute Gasteiger partial charge is 0.0390 e. The first-order chi connectivity index (χ1) is 10.0. The highest BCUT2D eigenvalue weighted by atomic mass is 15.1. The molecule has 2 nitrogen and oxygen atoms in total. The predicted octanol–water partition coefficient (Wildman–Crippen LogP) is 4.07. The average molecular weight is 288 g/mol. The van der Waals surface area contributed by atoms with Gasteiger partial charge in [0.05, 0.1) is 0 Å². The molecule has 1 N–H and O–H groups in total. The lowest BCUT2D eigenvalue weighted by Crippen LogP contribution is -2.37. The minimum atomic E-state index is 0.556. The lowest BCUT2D eigenvalue weighted by atomic mass is 9.84. The van der Waals surface area contributed by atoms with Crippen LogP contribution in [0.15, 0.2) is 18.2 Å². The number of hydrogen-bond acceptors (Lipinski definition) is 2. The minimum absolute atomic E-state index is 0.556. The van der Waals surface area contributed by atoms with Crippen molar-refractivity contribution in [2.24, 2.45) is 5.92 Å². The van der Waals surface area contributed by atoms with Crippen LogP contribution in [0.25, 0.3) is 0 Å². The quantitative estimate of drug-likeness (QED) is 0.898. The van der Waals surface area contributed by atoms with Gasteiger partial charge < -0.3 is 5.32 Å². The summed E-state index contributed by atoms with van der Waals surface area (Å²) in [7, 11) is 2.31. The number of benzene rings is 1. The van der Waals surface area contributed by atoms with Gasteiger partial charge in [0.15, 0.2) is 0 Å². The van der Waals surface area contributed by atoms with E-state index in [1.54, 1.807) is 5.56 Å². The molecule has 0 radical (unpaired) electrons. The highest BCUT2D eigenvalue weighted by Crippen LogP contribution is 2.37. The molecule has 21 heavy (non-hydrogen) atoms. The van der Waals surface area contributed by atoms with E-state index in [2.05, 4.69) is 63.2 Å².